The van der Waals surface area contributed by atoms with Crippen molar-refractivity contribution in [3.05, 3.63) is 35.8 Å². The van der Waals surface area contributed by atoms with Gasteiger partial charge in [0.15, 0.2) is 4.34 Å². The summed E-state index contributed by atoms with van der Waals surface area (Å²) in [6.45, 7) is 0.718. The molecule has 0 aliphatic heterocycles. The summed E-state index contributed by atoms with van der Waals surface area (Å²) in [5.41, 5.74) is 1.67. The second-order valence-corrected chi connectivity index (χ2v) is 7.08. The number of carbonyl (C=O) groups is 1. The van der Waals surface area contributed by atoms with E-state index in [2.05, 4.69) is 27.6 Å². The van der Waals surface area contributed by atoms with Gasteiger partial charge in [-0.15, -0.1) is 22.0 Å². The monoisotopic (exact) mass is 325 g/mol. The first-order valence-electron chi connectivity index (χ1n) is 6.18. The largest absolute Gasteiger partial charge is 0.355 e. The van der Waals surface area contributed by atoms with Crippen molar-refractivity contribution in [2.75, 3.05) is 18.1 Å². The van der Waals surface area contributed by atoms with E-state index in [4.69, 9.17) is 0 Å². The first-order chi connectivity index (χ1) is 9.84. The van der Waals surface area contributed by atoms with Crippen molar-refractivity contribution in [3.8, 4) is 0 Å². The maximum absolute atomic E-state index is 11.6. The van der Waals surface area contributed by atoms with E-state index in [1.54, 1.807) is 5.51 Å². The van der Waals surface area contributed by atoms with Crippen molar-refractivity contribution in [1.82, 2.24) is 15.5 Å². The van der Waals surface area contributed by atoms with E-state index in [1.165, 1.54) is 28.0 Å². The summed E-state index contributed by atoms with van der Waals surface area (Å²) in [6.07, 6.45) is 0.967. The predicted octanol–water partition coefficient (Wildman–Crippen LogP) is 2.93. The standard InChI is InChI=1S/C13H15N3OS3/c17-12(9-19-13-16-15-10-20-13)14-7-4-8-18-11-5-2-1-3-6-11/h1-3,5-6,10H,4,7-9H2,(H,14,17). The van der Waals surface area contributed by atoms with Gasteiger partial charge in [-0.25, -0.2) is 0 Å². The van der Waals surface area contributed by atoms with Crippen LogP contribution in [0.15, 0.2) is 45.1 Å². The quantitative estimate of drug-likeness (QED) is 0.597. The highest BCUT2D eigenvalue weighted by atomic mass is 32.2. The molecular formula is C13H15N3OS3. The summed E-state index contributed by atoms with van der Waals surface area (Å²) in [4.78, 5) is 12.9. The number of thioether (sulfide) groups is 2. The molecule has 0 aliphatic rings. The predicted molar refractivity (Wildman–Crippen MR) is 85.4 cm³/mol. The first-order valence-corrected chi connectivity index (χ1v) is 9.03. The number of amides is 1. The van der Waals surface area contributed by atoms with Gasteiger partial charge in [0.1, 0.15) is 5.51 Å². The van der Waals surface area contributed by atoms with Crippen LogP contribution in [-0.4, -0.2) is 34.2 Å². The number of hydrogen-bond acceptors (Lipinski definition) is 6. The highest BCUT2D eigenvalue weighted by molar-refractivity contribution is 8.01. The highest BCUT2D eigenvalue weighted by Gasteiger charge is 2.04. The maximum atomic E-state index is 11.6. The smallest absolute Gasteiger partial charge is 0.230 e. The van der Waals surface area contributed by atoms with Crippen LogP contribution in [0.5, 0.6) is 0 Å². The summed E-state index contributed by atoms with van der Waals surface area (Å²) in [7, 11) is 0. The van der Waals surface area contributed by atoms with Crippen LogP contribution in [0.25, 0.3) is 0 Å². The SMILES string of the molecule is O=C(CSc1nncs1)NCCCSc1ccccc1. The summed E-state index contributed by atoms with van der Waals surface area (Å²) >= 11 is 4.69. The zero-order valence-electron chi connectivity index (χ0n) is 10.8. The molecule has 2 rings (SSSR count). The molecule has 0 unspecified atom stereocenters. The minimum absolute atomic E-state index is 0.0508. The zero-order chi connectivity index (χ0) is 14.0. The van der Waals surface area contributed by atoms with Crippen LogP contribution in [0.4, 0.5) is 0 Å². The third-order valence-electron chi connectivity index (χ3n) is 2.32. The summed E-state index contributed by atoms with van der Waals surface area (Å²) in [6, 6.07) is 10.3. The molecule has 7 heteroatoms. The fourth-order valence-electron chi connectivity index (χ4n) is 1.41. The minimum Gasteiger partial charge on any atom is -0.355 e. The molecule has 0 spiro atoms. The number of hydrogen-bond donors (Lipinski definition) is 1. The van der Waals surface area contributed by atoms with Crippen LogP contribution in [0.1, 0.15) is 6.42 Å². The molecule has 1 N–H and O–H groups in total. The second-order valence-electron chi connectivity index (χ2n) is 3.86. The Kier molecular flexibility index (Phi) is 6.90. The van der Waals surface area contributed by atoms with E-state index in [-0.39, 0.29) is 5.91 Å². The molecule has 0 saturated heterocycles. The number of rotatable bonds is 8. The molecule has 0 radical (unpaired) electrons. The summed E-state index contributed by atoms with van der Waals surface area (Å²) < 4.78 is 0.833. The first kappa shape index (κ1) is 15.3. The molecule has 1 aromatic heterocycles. The Labute approximate surface area is 130 Å². The molecule has 0 atom stereocenters. The average molecular weight is 325 g/mol. The van der Waals surface area contributed by atoms with Gasteiger partial charge in [-0.3, -0.25) is 4.79 Å². The molecule has 0 saturated carbocycles. The minimum atomic E-state index is 0.0508. The van der Waals surface area contributed by atoms with Crippen LogP contribution in [0.2, 0.25) is 0 Å². The lowest BCUT2D eigenvalue weighted by Crippen LogP contribution is -2.26. The molecule has 0 fully saturated rings. The van der Waals surface area contributed by atoms with Crippen molar-refractivity contribution in [2.45, 2.75) is 15.7 Å². The number of carbonyl (C=O) groups excluding carboxylic acids is 1. The second kappa shape index (κ2) is 8.99. The van der Waals surface area contributed by atoms with Crippen molar-refractivity contribution in [1.29, 1.82) is 0 Å². The van der Waals surface area contributed by atoms with Gasteiger partial charge in [0, 0.05) is 11.4 Å². The molecule has 20 heavy (non-hydrogen) atoms. The van der Waals surface area contributed by atoms with Crippen LogP contribution in [-0.2, 0) is 4.79 Å². The number of benzene rings is 1. The highest BCUT2D eigenvalue weighted by Crippen LogP contribution is 2.18. The number of aromatic nitrogens is 2. The van der Waals surface area contributed by atoms with E-state index in [1.807, 2.05) is 30.0 Å². The maximum Gasteiger partial charge on any atom is 0.230 e. The third-order valence-corrected chi connectivity index (χ3v) is 5.28. The Hall–Kier alpha value is -1.05. The number of nitrogens with one attached hydrogen (secondary N) is 1. The molecule has 1 heterocycles. The summed E-state index contributed by atoms with van der Waals surface area (Å²) in [5.74, 6) is 1.46. The van der Waals surface area contributed by atoms with E-state index >= 15 is 0 Å². The van der Waals surface area contributed by atoms with Gasteiger partial charge in [0.05, 0.1) is 5.75 Å². The van der Waals surface area contributed by atoms with Crippen molar-refractivity contribution in [2.24, 2.45) is 0 Å². The van der Waals surface area contributed by atoms with E-state index in [9.17, 15) is 4.79 Å². The van der Waals surface area contributed by atoms with Gasteiger partial charge in [0.2, 0.25) is 5.91 Å². The average Bonchev–Trinajstić information content (AvgIpc) is 2.99. The topological polar surface area (TPSA) is 54.9 Å². The van der Waals surface area contributed by atoms with Crippen LogP contribution >= 0.6 is 34.9 Å². The molecule has 106 valence electrons. The normalized spacial score (nSPS) is 10.4. The molecular weight excluding hydrogens is 310 g/mol. The van der Waals surface area contributed by atoms with Gasteiger partial charge in [-0.1, -0.05) is 41.3 Å². The van der Waals surface area contributed by atoms with Crippen LogP contribution in [0, 0.1) is 0 Å². The third kappa shape index (κ3) is 5.94. The lowest BCUT2D eigenvalue weighted by molar-refractivity contribution is -0.118. The Morgan fingerprint density at radius 2 is 2.10 bits per heavy atom. The fraction of sp³-hybridized carbons (Fsp3) is 0.308. The molecule has 4 nitrogen and oxygen atoms in total. The lowest BCUT2D eigenvalue weighted by Gasteiger charge is -2.04. The van der Waals surface area contributed by atoms with Crippen molar-refractivity contribution < 1.29 is 4.79 Å². The molecule has 1 aromatic carbocycles. The van der Waals surface area contributed by atoms with Gasteiger partial charge in [0.25, 0.3) is 0 Å². The van der Waals surface area contributed by atoms with Crippen molar-refractivity contribution >= 4 is 40.8 Å². The van der Waals surface area contributed by atoms with Gasteiger partial charge < -0.3 is 5.32 Å². The van der Waals surface area contributed by atoms with Crippen LogP contribution < -0.4 is 5.32 Å². The van der Waals surface area contributed by atoms with E-state index in [0.29, 0.717) is 5.75 Å². The Balaban J connectivity index is 1.51. The molecule has 0 aliphatic carbocycles. The van der Waals surface area contributed by atoms with Gasteiger partial charge in [-0.2, -0.15) is 0 Å². The molecule has 0 bridgehead atoms. The fourth-order valence-corrected chi connectivity index (χ4v) is 3.60. The number of nitrogens with zero attached hydrogens (tertiary/aromatic N) is 2. The van der Waals surface area contributed by atoms with Crippen molar-refractivity contribution in [3.63, 3.8) is 0 Å². The molecule has 2 aromatic rings. The van der Waals surface area contributed by atoms with Gasteiger partial charge in [-0.05, 0) is 24.3 Å². The Morgan fingerprint density at radius 1 is 1.25 bits per heavy atom. The van der Waals surface area contributed by atoms with E-state index < -0.39 is 0 Å². The lowest BCUT2D eigenvalue weighted by atomic mass is 10.4. The Morgan fingerprint density at radius 3 is 2.85 bits per heavy atom. The zero-order valence-corrected chi connectivity index (χ0v) is 13.3. The Bertz CT molecular complexity index is 505. The van der Waals surface area contributed by atoms with Crippen LogP contribution in [0.3, 0.4) is 0 Å². The van der Waals surface area contributed by atoms with Gasteiger partial charge >= 0.3 is 0 Å². The van der Waals surface area contributed by atoms with E-state index in [0.717, 1.165) is 23.1 Å². The summed E-state index contributed by atoms with van der Waals surface area (Å²) in [5, 5.41) is 10.5. The molecule has 1 amide bonds.